The molecule has 104 valence electrons. The van der Waals surface area contributed by atoms with Gasteiger partial charge in [0.2, 0.25) is 0 Å². The van der Waals surface area contributed by atoms with Crippen LogP contribution >= 0.6 is 0 Å². The Morgan fingerprint density at radius 1 is 1.30 bits per heavy atom. The van der Waals surface area contributed by atoms with E-state index in [1.807, 2.05) is 43.3 Å². The lowest BCUT2D eigenvalue weighted by molar-refractivity contribution is 0.0399. The number of H-pyrrole nitrogens is 1. The molecule has 1 aliphatic rings. The van der Waals surface area contributed by atoms with E-state index in [-0.39, 0.29) is 5.91 Å². The average Bonchev–Trinajstić information content (AvgIpc) is 2.90. The maximum absolute atomic E-state index is 12.3. The van der Waals surface area contributed by atoms with Crippen LogP contribution < -0.4 is 0 Å². The van der Waals surface area contributed by atoms with E-state index in [2.05, 4.69) is 20.1 Å². The van der Waals surface area contributed by atoms with Gasteiger partial charge in [-0.25, -0.2) is 4.98 Å². The van der Waals surface area contributed by atoms with Crippen LogP contribution in [0.25, 0.3) is 11.4 Å². The summed E-state index contributed by atoms with van der Waals surface area (Å²) < 4.78 is 0. The number of nitrogens with one attached hydrogen (secondary N) is 1. The SMILES string of the molecule is CN(C)C1CN(C(=O)c2ccc(-c3ncn[nH]3)cc2)C1. The van der Waals surface area contributed by atoms with Crippen LogP contribution in [-0.4, -0.2) is 64.1 Å². The Morgan fingerprint density at radius 2 is 2.00 bits per heavy atom. The number of carbonyl (C=O) groups excluding carboxylic acids is 1. The number of aromatic amines is 1. The van der Waals surface area contributed by atoms with E-state index in [4.69, 9.17) is 0 Å². The first kappa shape index (κ1) is 12.8. The second-order valence-electron chi connectivity index (χ2n) is 5.24. The third-order valence-corrected chi connectivity index (χ3v) is 3.70. The summed E-state index contributed by atoms with van der Waals surface area (Å²) in [5, 5.41) is 6.62. The van der Waals surface area contributed by atoms with Crippen molar-refractivity contribution in [1.29, 1.82) is 0 Å². The minimum absolute atomic E-state index is 0.0900. The number of rotatable bonds is 3. The number of nitrogens with zero attached hydrogens (tertiary/aromatic N) is 4. The normalized spacial score (nSPS) is 15.4. The zero-order valence-electron chi connectivity index (χ0n) is 11.6. The molecule has 0 saturated carbocycles. The molecule has 0 aliphatic carbocycles. The molecule has 1 aromatic heterocycles. The predicted octanol–water partition coefficient (Wildman–Crippen LogP) is 0.858. The van der Waals surface area contributed by atoms with Gasteiger partial charge in [-0.05, 0) is 26.2 Å². The second-order valence-corrected chi connectivity index (χ2v) is 5.24. The zero-order valence-corrected chi connectivity index (χ0v) is 11.6. The van der Waals surface area contributed by atoms with Crippen molar-refractivity contribution in [1.82, 2.24) is 25.0 Å². The van der Waals surface area contributed by atoms with Crippen LogP contribution in [0.3, 0.4) is 0 Å². The first-order chi connectivity index (χ1) is 9.65. The van der Waals surface area contributed by atoms with Crippen LogP contribution in [-0.2, 0) is 0 Å². The number of amides is 1. The van der Waals surface area contributed by atoms with Crippen LogP contribution in [0.15, 0.2) is 30.6 Å². The van der Waals surface area contributed by atoms with Gasteiger partial charge in [-0.1, -0.05) is 12.1 Å². The predicted molar refractivity (Wildman–Crippen MR) is 75.2 cm³/mol. The fraction of sp³-hybridized carbons (Fsp3) is 0.357. The highest BCUT2D eigenvalue weighted by atomic mass is 16.2. The first-order valence-electron chi connectivity index (χ1n) is 6.56. The minimum Gasteiger partial charge on any atom is -0.335 e. The number of likely N-dealkylation sites (tertiary alicyclic amines) is 1. The van der Waals surface area contributed by atoms with Crippen molar-refractivity contribution in [2.24, 2.45) is 0 Å². The molecule has 1 amide bonds. The zero-order chi connectivity index (χ0) is 14.1. The molecule has 0 unspecified atom stereocenters. The molecule has 20 heavy (non-hydrogen) atoms. The van der Waals surface area contributed by atoms with E-state index in [1.165, 1.54) is 6.33 Å². The summed E-state index contributed by atoms with van der Waals surface area (Å²) in [5.74, 6) is 0.799. The van der Waals surface area contributed by atoms with Crippen molar-refractivity contribution < 1.29 is 4.79 Å². The van der Waals surface area contributed by atoms with Gasteiger partial charge in [-0.2, -0.15) is 5.10 Å². The van der Waals surface area contributed by atoms with Crippen molar-refractivity contribution in [2.45, 2.75) is 6.04 Å². The highest BCUT2D eigenvalue weighted by molar-refractivity contribution is 5.95. The Kier molecular flexibility index (Phi) is 3.23. The quantitative estimate of drug-likeness (QED) is 0.899. The van der Waals surface area contributed by atoms with E-state index >= 15 is 0 Å². The summed E-state index contributed by atoms with van der Waals surface area (Å²) in [7, 11) is 4.08. The van der Waals surface area contributed by atoms with Gasteiger partial charge in [0.25, 0.3) is 5.91 Å². The summed E-state index contributed by atoms with van der Waals surface area (Å²) in [6.07, 6.45) is 1.47. The third kappa shape index (κ3) is 2.30. The molecular weight excluding hydrogens is 254 g/mol. The Bertz CT molecular complexity index is 585. The maximum Gasteiger partial charge on any atom is 0.253 e. The molecule has 0 bridgehead atoms. The lowest BCUT2D eigenvalue weighted by Crippen LogP contribution is -2.59. The Labute approximate surface area is 117 Å². The van der Waals surface area contributed by atoms with E-state index in [9.17, 15) is 4.79 Å². The molecule has 1 aliphatic heterocycles. The molecule has 3 rings (SSSR count). The van der Waals surface area contributed by atoms with Gasteiger partial charge in [0.15, 0.2) is 5.82 Å². The Balaban J connectivity index is 1.68. The van der Waals surface area contributed by atoms with E-state index < -0.39 is 0 Å². The lowest BCUT2D eigenvalue weighted by atomic mass is 10.0. The average molecular weight is 271 g/mol. The molecule has 1 fully saturated rings. The topological polar surface area (TPSA) is 65.1 Å². The van der Waals surface area contributed by atoms with Gasteiger partial charge in [0, 0.05) is 30.3 Å². The molecule has 0 spiro atoms. The van der Waals surface area contributed by atoms with Crippen molar-refractivity contribution in [2.75, 3.05) is 27.2 Å². The molecular formula is C14H17N5O. The van der Waals surface area contributed by atoms with Gasteiger partial charge in [0.1, 0.15) is 6.33 Å². The fourth-order valence-corrected chi connectivity index (χ4v) is 2.25. The standard InChI is InChI=1S/C14H17N5O/c1-18(2)12-7-19(8-12)14(20)11-5-3-10(4-6-11)13-15-9-16-17-13/h3-6,9,12H,7-8H2,1-2H3,(H,15,16,17). The Hall–Kier alpha value is -2.21. The minimum atomic E-state index is 0.0900. The van der Waals surface area contributed by atoms with Crippen molar-refractivity contribution in [3.63, 3.8) is 0 Å². The van der Waals surface area contributed by atoms with Crippen LogP contribution in [0.4, 0.5) is 0 Å². The van der Waals surface area contributed by atoms with E-state index in [1.54, 1.807) is 0 Å². The molecule has 1 saturated heterocycles. The van der Waals surface area contributed by atoms with Gasteiger partial charge >= 0.3 is 0 Å². The number of likely N-dealkylation sites (N-methyl/N-ethyl adjacent to an activating group) is 1. The smallest absolute Gasteiger partial charge is 0.253 e. The highest BCUT2D eigenvalue weighted by Crippen LogP contribution is 2.19. The maximum atomic E-state index is 12.3. The van der Waals surface area contributed by atoms with Crippen LogP contribution in [0.5, 0.6) is 0 Å². The summed E-state index contributed by atoms with van der Waals surface area (Å²) in [5.41, 5.74) is 1.64. The van der Waals surface area contributed by atoms with Gasteiger partial charge in [0.05, 0.1) is 0 Å². The molecule has 6 nitrogen and oxygen atoms in total. The second kappa shape index (κ2) is 5.05. The van der Waals surface area contributed by atoms with Gasteiger partial charge in [-0.3, -0.25) is 9.89 Å². The molecule has 6 heteroatoms. The van der Waals surface area contributed by atoms with Crippen LogP contribution in [0.1, 0.15) is 10.4 Å². The molecule has 0 atom stereocenters. The number of aromatic nitrogens is 3. The molecule has 2 aromatic rings. The largest absolute Gasteiger partial charge is 0.335 e. The summed E-state index contributed by atoms with van der Waals surface area (Å²) in [4.78, 5) is 20.4. The summed E-state index contributed by atoms with van der Waals surface area (Å²) in [6, 6.07) is 7.92. The molecule has 1 aromatic carbocycles. The Morgan fingerprint density at radius 3 is 2.55 bits per heavy atom. The first-order valence-corrected chi connectivity index (χ1v) is 6.56. The summed E-state index contributed by atoms with van der Waals surface area (Å²) in [6.45, 7) is 1.60. The van der Waals surface area contributed by atoms with Crippen LogP contribution in [0, 0.1) is 0 Å². The van der Waals surface area contributed by atoms with Crippen molar-refractivity contribution in [3.8, 4) is 11.4 Å². The van der Waals surface area contributed by atoms with Gasteiger partial charge in [-0.15, -0.1) is 0 Å². The third-order valence-electron chi connectivity index (χ3n) is 3.70. The summed E-state index contributed by atoms with van der Waals surface area (Å²) >= 11 is 0. The van der Waals surface area contributed by atoms with Crippen LogP contribution in [0.2, 0.25) is 0 Å². The number of hydrogen-bond acceptors (Lipinski definition) is 4. The molecule has 1 N–H and O–H groups in total. The van der Waals surface area contributed by atoms with Crippen molar-refractivity contribution in [3.05, 3.63) is 36.2 Å². The number of benzene rings is 1. The number of hydrogen-bond donors (Lipinski definition) is 1. The fourth-order valence-electron chi connectivity index (χ4n) is 2.25. The molecule has 0 radical (unpaired) electrons. The van der Waals surface area contributed by atoms with Crippen molar-refractivity contribution >= 4 is 5.91 Å². The molecule has 2 heterocycles. The number of carbonyl (C=O) groups is 1. The highest BCUT2D eigenvalue weighted by Gasteiger charge is 2.32. The lowest BCUT2D eigenvalue weighted by Gasteiger charge is -2.42. The van der Waals surface area contributed by atoms with Gasteiger partial charge < -0.3 is 9.80 Å². The van der Waals surface area contributed by atoms with E-state index in [0.29, 0.717) is 17.4 Å². The monoisotopic (exact) mass is 271 g/mol. The van der Waals surface area contributed by atoms with E-state index in [0.717, 1.165) is 18.7 Å².